The number of anilines is 2. The Balaban J connectivity index is 2.15. The van der Waals surface area contributed by atoms with Gasteiger partial charge in [-0.1, -0.05) is 0 Å². The molecule has 0 unspecified atom stereocenters. The lowest BCUT2D eigenvalue weighted by molar-refractivity contribution is -0.384. The van der Waals surface area contributed by atoms with Gasteiger partial charge in [-0.25, -0.2) is 0 Å². The van der Waals surface area contributed by atoms with Crippen molar-refractivity contribution in [1.29, 1.82) is 0 Å². The minimum absolute atomic E-state index is 0.0444. The van der Waals surface area contributed by atoms with E-state index in [2.05, 4.69) is 15.4 Å². The molecule has 0 aliphatic rings. The standard InChI is InChI=1S/C15H13F2N3O4/c1-18-12-7-2-9(8-13(12)20(22)23)14(21)19-10-3-5-11(6-4-10)24-15(16)17/h2-8,15,18H,1H3,(H,19,21). The molecule has 0 aromatic heterocycles. The molecule has 0 bridgehead atoms. The van der Waals surface area contributed by atoms with Crippen molar-refractivity contribution in [3.8, 4) is 5.75 Å². The number of benzene rings is 2. The van der Waals surface area contributed by atoms with Crippen LogP contribution in [0.4, 0.5) is 25.8 Å². The zero-order valence-corrected chi connectivity index (χ0v) is 12.5. The third-order valence-electron chi connectivity index (χ3n) is 3.06. The first-order chi connectivity index (χ1) is 11.4. The Morgan fingerprint density at radius 3 is 2.42 bits per heavy atom. The maximum Gasteiger partial charge on any atom is 0.387 e. The number of ether oxygens (including phenoxy) is 1. The van der Waals surface area contributed by atoms with E-state index in [9.17, 15) is 23.7 Å². The lowest BCUT2D eigenvalue weighted by atomic mass is 10.1. The fraction of sp³-hybridized carbons (Fsp3) is 0.133. The first kappa shape index (κ1) is 17.1. The molecule has 2 N–H and O–H groups in total. The Morgan fingerprint density at radius 2 is 1.88 bits per heavy atom. The summed E-state index contributed by atoms with van der Waals surface area (Å²) in [5.74, 6) is -0.611. The van der Waals surface area contributed by atoms with Crippen molar-refractivity contribution >= 4 is 23.0 Å². The molecule has 0 saturated heterocycles. The van der Waals surface area contributed by atoms with Crippen LogP contribution in [-0.2, 0) is 0 Å². The van der Waals surface area contributed by atoms with Crippen LogP contribution in [0, 0.1) is 10.1 Å². The van der Waals surface area contributed by atoms with Crippen LogP contribution in [0.25, 0.3) is 0 Å². The van der Waals surface area contributed by atoms with E-state index in [1.807, 2.05) is 0 Å². The molecule has 0 radical (unpaired) electrons. The van der Waals surface area contributed by atoms with Gasteiger partial charge in [0.05, 0.1) is 4.92 Å². The van der Waals surface area contributed by atoms with Crippen molar-refractivity contribution in [1.82, 2.24) is 0 Å². The Morgan fingerprint density at radius 1 is 1.21 bits per heavy atom. The number of amides is 1. The average molecular weight is 337 g/mol. The van der Waals surface area contributed by atoms with Crippen LogP contribution in [0.15, 0.2) is 42.5 Å². The molecule has 0 aliphatic heterocycles. The van der Waals surface area contributed by atoms with Gasteiger partial charge in [0, 0.05) is 24.4 Å². The molecule has 0 atom stereocenters. The number of alkyl halides is 2. The van der Waals surface area contributed by atoms with Gasteiger partial charge in [-0.3, -0.25) is 14.9 Å². The van der Waals surface area contributed by atoms with E-state index in [0.717, 1.165) is 6.07 Å². The summed E-state index contributed by atoms with van der Waals surface area (Å²) in [6.07, 6.45) is 0. The number of nitro benzene ring substituents is 1. The van der Waals surface area contributed by atoms with Gasteiger partial charge in [-0.2, -0.15) is 8.78 Å². The van der Waals surface area contributed by atoms with E-state index in [1.54, 1.807) is 0 Å². The lowest BCUT2D eigenvalue weighted by Gasteiger charge is -2.08. The number of carbonyl (C=O) groups is 1. The van der Waals surface area contributed by atoms with Gasteiger partial charge in [0.15, 0.2) is 0 Å². The van der Waals surface area contributed by atoms with Gasteiger partial charge < -0.3 is 15.4 Å². The predicted octanol–water partition coefficient (Wildman–Crippen LogP) is 3.49. The average Bonchev–Trinajstić information content (AvgIpc) is 2.55. The van der Waals surface area contributed by atoms with Crippen LogP contribution in [0.1, 0.15) is 10.4 Å². The molecule has 7 nitrogen and oxygen atoms in total. The molecule has 2 rings (SSSR count). The predicted molar refractivity (Wildman–Crippen MR) is 83.7 cm³/mol. The normalized spacial score (nSPS) is 10.3. The minimum Gasteiger partial charge on any atom is -0.435 e. The minimum atomic E-state index is -2.93. The van der Waals surface area contributed by atoms with Crippen molar-refractivity contribution in [2.75, 3.05) is 17.7 Å². The number of nitro groups is 1. The molecule has 0 aliphatic carbocycles. The van der Waals surface area contributed by atoms with Crippen LogP contribution in [0.3, 0.4) is 0 Å². The zero-order valence-electron chi connectivity index (χ0n) is 12.5. The highest BCUT2D eigenvalue weighted by molar-refractivity contribution is 6.05. The molecule has 126 valence electrons. The quantitative estimate of drug-likeness (QED) is 0.622. The molecule has 0 fully saturated rings. The fourth-order valence-electron chi connectivity index (χ4n) is 1.96. The zero-order chi connectivity index (χ0) is 17.7. The van der Waals surface area contributed by atoms with Gasteiger partial charge in [0.2, 0.25) is 0 Å². The third-order valence-corrected chi connectivity index (χ3v) is 3.06. The number of hydrogen-bond donors (Lipinski definition) is 2. The van der Waals surface area contributed by atoms with Crippen molar-refractivity contribution in [3.63, 3.8) is 0 Å². The Labute approximate surface area is 135 Å². The van der Waals surface area contributed by atoms with Crippen LogP contribution in [0.2, 0.25) is 0 Å². The Hall–Kier alpha value is -3.23. The summed E-state index contributed by atoms with van der Waals surface area (Å²) in [5.41, 5.74) is 0.478. The van der Waals surface area contributed by atoms with Crippen LogP contribution in [-0.4, -0.2) is 24.5 Å². The second kappa shape index (κ2) is 7.36. The van der Waals surface area contributed by atoms with Crippen LogP contribution >= 0.6 is 0 Å². The summed E-state index contributed by atoms with van der Waals surface area (Å²) in [7, 11) is 1.53. The lowest BCUT2D eigenvalue weighted by Crippen LogP contribution is -2.12. The van der Waals surface area contributed by atoms with E-state index in [4.69, 9.17) is 0 Å². The molecular weight excluding hydrogens is 324 g/mol. The van der Waals surface area contributed by atoms with Gasteiger partial charge in [0.1, 0.15) is 11.4 Å². The highest BCUT2D eigenvalue weighted by atomic mass is 19.3. The van der Waals surface area contributed by atoms with E-state index < -0.39 is 17.4 Å². The van der Waals surface area contributed by atoms with E-state index in [1.165, 1.54) is 43.4 Å². The first-order valence-electron chi connectivity index (χ1n) is 6.73. The highest BCUT2D eigenvalue weighted by Crippen LogP contribution is 2.25. The maximum absolute atomic E-state index is 12.1. The van der Waals surface area contributed by atoms with Crippen molar-refractivity contribution in [2.45, 2.75) is 6.61 Å². The topological polar surface area (TPSA) is 93.5 Å². The molecule has 1 amide bonds. The summed E-state index contributed by atoms with van der Waals surface area (Å²) in [6.45, 7) is -2.93. The third kappa shape index (κ3) is 4.15. The summed E-state index contributed by atoms with van der Waals surface area (Å²) >= 11 is 0. The van der Waals surface area contributed by atoms with Crippen molar-refractivity contribution < 1.29 is 23.2 Å². The van der Waals surface area contributed by atoms with E-state index in [-0.39, 0.29) is 22.7 Å². The number of halogens is 2. The Kier molecular flexibility index (Phi) is 5.25. The molecule has 2 aromatic rings. The largest absolute Gasteiger partial charge is 0.435 e. The second-order valence-corrected chi connectivity index (χ2v) is 4.60. The number of nitrogens with zero attached hydrogens (tertiary/aromatic N) is 1. The molecule has 0 saturated carbocycles. The summed E-state index contributed by atoms with van der Waals surface area (Å²) in [6, 6.07) is 9.31. The monoisotopic (exact) mass is 337 g/mol. The van der Waals surface area contributed by atoms with Crippen molar-refractivity contribution in [2.24, 2.45) is 0 Å². The number of rotatable bonds is 6. The smallest absolute Gasteiger partial charge is 0.387 e. The number of hydrogen-bond acceptors (Lipinski definition) is 5. The van der Waals surface area contributed by atoms with Gasteiger partial charge in [0.25, 0.3) is 11.6 Å². The van der Waals surface area contributed by atoms with E-state index in [0.29, 0.717) is 5.69 Å². The van der Waals surface area contributed by atoms with Gasteiger partial charge >= 0.3 is 6.61 Å². The van der Waals surface area contributed by atoms with Crippen molar-refractivity contribution in [3.05, 3.63) is 58.1 Å². The Bertz CT molecular complexity index is 751. The summed E-state index contributed by atoms with van der Waals surface area (Å²) < 4.78 is 28.3. The number of nitrogens with one attached hydrogen (secondary N) is 2. The van der Waals surface area contributed by atoms with Gasteiger partial charge in [-0.05, 0) is 36.4 Å². The fourth-order valence-corrected chi connectivity index (χ4v) is 1.96. The summed E-state index contributed by atoms with van der Waals surface area (Å²) in [4.78, 5) is 22.5. The molecule has 2 aromatic carbocycles. The number of carbonyl (C=O) groups excluding carboxylic acids is 1. The molecule has 24 heavy (non-hydrogen) atoms. The maximum atomic E-state index is 12.1. The molecule has 9 heteroatoms. The van der Waals surface area contributed by atoms with Crippen LogP contribution in [0.5, 0.6) is 5.75 Å². The molecule has 0 heterocycles. The van der Waals surface area contributed by atoms with Gasteiger partial charge in [-0.15, -0.1) is 0 Å². The van der Waals surface area contributed by atoms with E-state index >= 15 is 0 Å². The highest BCUT2D eigenvalue weighted by Gasteiger charge is 2.17. The second-order valence-electron chi connectivity index (χ2n) is 4.60. The molecular formula is C15H13F2N3O4. The first-order valence-corrected chi connectivity index (χ1v) is 6.73. The summed E-state index contributed by atoms with van der Waals surface area (Å²) in [5, 5.41) is 16.2. The van der Waals surface area contributed by atoms with Crippen LogP contribution < -0.4 is 15.4 Å². The molecule has 0 spiro atoms. The SMILES string of the molecule is CNc1ccc(C(=O)Nc2ccc(OC(F)F)cc2)cc1[N+](=O)[O-].